The van der Waals surface area contributed by atoms with Gasteiger partial charge in [-0.3, -0.25) is 4.79 Å². The molecule has 3 rings (SSSR count). The van der Waals surface area contributed by atoms with E-state index in [2.05, 4.69) is 15.5 Å². The van der Waals surface area contributed by atoms with Crippen LogP contribution in [0.2, 0.25) is 0 Å². The highest BCUT2D eigenvalue weighted by Crippen LogP contribution is 2.38. The highest BCUT2D eigenvalue weighted by Gasteiger charge is 2.29. The van der Waals surface area contributed by atoms with E-state index in [-0.39, 0.29) is 12.5 Å². The number of hydrogen-bond donors (Lipinski definition) is 2. The third kappa shape index (κ3) is 4.64. The van der Waals surface area contributed by atoms with E-state index in [4.69, 9.17) is 4.52 Å². The molecule has 6 nitrogen and oxygen atoms in total. The van der Waals surface area contributed by atoms with Crippen LogP contribution >= 0.6 is 0 Å². The van der Waals surface area contributed by atoms with Crippen LogP contribution in [0.25, 0.3) is 0 Å². The lowest BCUT2D eigenvalue weighted by atomic mass is 9.98. The Morgan fingerprint density at radius 1 is 1.33 bits per heavy atom. The molecule has 24 heavy (non-hydrogen) atoms. The first-order valence-corrected chi connectivity index (χ1v) is 8.33. The molecule has 0 spiro atoms. The van der Waals surface area contributed by atoms with Crippen LogP contribution in [0.15, 0.2) is 28.8 Å². The van der Waals surface area contributed by atoms with Crippen LogP contribution in [-0.4, -0.2) is 26.8 Å². The predicted octanol–water partition coefficient (Wildman–Crippen LogP) is 2.58. The fraction of sp³-hybridized carbons (Fsp3) is 0.500. The number of aliphatic hydroxyl groups is 1. The Morgan fingerprint density at radius 3 is 2.67 bits per heavy atom. The van der Waals surface area contributed by atoms with Crippen molar-refractivity contribution in [2.45, 2.75) is 57.6 Å². The van der Waals surface area contributed by atoms with Gasteiger partial charge < -0.3 is 14.9 Å². The van der Waals surface area contributed by atoms with Crippen molar-refractivity contribution in [3.8, 4) is 0 Å². The van der Waals surface area contributed by atoms with Gasteiger partial charge in [-0.1, -0.05) is 17.3 Å². The smallest absolute Gasteiger partial charge is 0.251 e. The number of nitrogens with one attached hydrogen (secondary N) is 1. The van der Waals surface area contributed by atoms with Crippen molar-refractivity contribution in [1.29, 1.82) is 0 Å². The Morgan fingerprint density at radius 2 is 2.04 bits per heavy atom. The van der Waals surface area contributed by atoms with E-state index in [1.54, 1.807) is 26.0 Å². The summed E-state index contributed by atoms with van der Waals surface area (Å²) in [5.41, 5.74) is 1.01. The normalized spacial score (nSPS) is 14.6. The first-order valence-electron chi connectivity index (χ1n) is 8.33. The Bertz CT molecular complexity index is 697. The van der Waals surface area contributed by atoms with Gasteiger partial charge in [-0.15, -0.1) is 0 Å². The van der Waals surface area contributed by atoms with Crippen LogP contribution < -0.4 is 5.32 Å². The van der Waals surface area contributed by atoms with E-state index in [1.807, 2.05) is 12.1 Å². The van der Waals surface area contributed by atoms with E-state index in [1.165, 1.54) is 0 Å². The highest BCUT2D eigenvalue weighted by atomic mass is 16.5. The van der Waals surface area contributed by atoms with Crippen molar-refractivity contribution in [3.63, 3.8) is 0 Å². The quantitative estimate of drug-likeness (QED) is 0.815. The molecule has 1 aliphatic rings. The molecule has 1 saturated carbocycles. The second kappa shape index (κ2) is 6.73. The van der Waals surface area contributed by atoms with Crippen LogP contribution in [0.1, 0.15) is 66.7 Å². The van der Waals surface area contributed by atoms with Gasteiger partial charge in [0.2, 0.25) is 5.89 Å². The molecule has 1 fully saturated rings. The first-order chi connectivity index (χ1) is 11.4. The third-order valence-corrected chi connectivity index (χ3v) is 4.06. The monoisotopic (exact) mass is 329 g/mol. The minimum atomic E-state index is -0.681. The topological polar surface area (TPSA) is 88.2 Å². The summed E-state index contributed by atoms with van der Waals surface area (Å²) in [7, 11) is 0. The lowest BCUT2D eigenvalue weighted by Gasteiger charge is -2.16. The minimum absolute atomic E-state index is 0.165. The van der Waals surface area contributed by atoms with Crippen LogP contribution in [-0.2, 0) is 13.0 Å². The standard InChI is InChI=1S/C18H23N3O3/c1-18(2,23)10-9-12-3-5-13(6-4-12)16(22)19-11-15-20-17(24-21-15)14-7-8-14/h3-6,14,23H,7-11H2,1-2H3,(H,19,22). The fourth-order valence-electron chi connectivity index (χ4n) is 2.37. The maximum atomic E-state index is 12.2. The number of rotatable bonds is 7. The highest BCUT2D eigenvalue weighted by molar-refractivity contribution is 5.94. The van der Waals surface area contributed by atoms with Gasteiger partial charge in [0.15, 0.2) is 5.82 Å². The zero-order valence-corrected chi connectivity index (χ0v) is 14.1. The lowest BCUT2D eigenvalue weighted by Crippen LogP contribution is -2.23. The Balaban J connectivity index is 1.50. The van der Waals surface area contributed by atoms with Crippen molar-refractivity contribution in [3.05, 3.63) is 47.1 Å². The molecule has 6 heteroatoms. The Kier molecular flexibility index (Phi) is 4.66. The van der Waals surface area contributed by atoms with Gasteiger partial charge in [-0.25, -0.2) is 0 Å². The maximum Gasteiger partial charge on any atom is 0.251 e. The van der Waals surface area contributed by atoms with Gasteiger partial charge >= 0.3 is 0 Å². The molecule has 0 aliphatic heterocycles. The molecule has 0 bridgehead atoms. The number of carbonyl (C=O) groups is 1. The Labute approximate surface area is 141 Å². The summed E-state index contributed by atoms with van der Waals surface area (Å²) in [6.07, 6.45) is 3.67. The summed E-state index contributed by atoms with van der Waals surface area (Å²) in [4.78, 5) is 16.4. The number of aromatic nitrogens is 2. The van der Waals surface area contributed by atoms with Crippen molar-refractivity contribution in [2.75, 3.05) is 0 Å². The van der Waals surface area contributed by atoms with E-state index in [9.17, 15) is 9.90 Å². The summed E-state index contributed by atoms with van der Waals surface area (Å²) >= 11 is 0. The average Bonchev–Trinajstić information content (AvgIpc) is 3.29. The van der Waals surface area contributed by atoms with Crippen LogP contribution in [0, 0.1) is 0 Å². The third-order valence-electron chi connectivity index (χ3n) is 4.06. The second-order valence-electron chi connectivity index (χ2n) is 7.02. The molecule has 2 N–H and O–H groups in total. The molecule has 0 unspecified atom stereocenters. The number of aryl methyl sites for hydroxylation is 1. The van der Waals surface area contributed by atoms with Crippen LogP contribution in [0.5, 0.6) is 0 Å². The molecule has 1 aromatic carbocycles. The summed E-state index contributed by atoms with van der Waals surface area (Å²) in [5, 5.41) is 16.4. The zero-order valence-electron chi connectivity index (χ0n) is 14.1. The SMILES string of the molecule is CC(C)(O)CCc1ccc(C(=O)NCc2noc(C3CC3)n2)cc1. The van der Waals surface area contributed by atoms with Gasteiger partial charge in [0.05, 0.1) is 12.1 Å². The molecule has 128 valence electrons. The fourth-order valence-corrected chi connectivity index (χ4v) is 2.37. The van der Waals surface area contributed by atoms with E-state index in [0.29, 0.717) is 29.6 Å². The molecule has 1 aromatic heterocycles. The summed E-state index contributed by atoms with van der Waals surface area (Å²) < 4.78 is 5.16. The molecule has 1 aliphatic carbocycles. The molecule has 0 saturated heterocycles. The van der Waals surface area contributed by atoms with E-state index in [0.717, 1.165) is 24.8 Å². The number of amides is 1. The molecule has 0 atom stereocenters. The second-order valence-corrected chi connectivity index (χ2v) is 7.02. The van der Waals surface area contributed by atoms with E-state index < -0.39 is 5.60 Å². The Hall–Kier alpha value is -2.21. The van der Waals surface area contributed by atoms with Gasteiger partial charge in [0.1, 0.15) is 0 Å². The first kappa shape index (κ1) is 16.6. The molecular weight excluding hydrogens is 306 g/mol. The average molecular weight is 329 g/mol. The minimum Gasteiger partial charge on any atom is -0.390 e. The van der Waals surface area contributed by atoms with Crippen LogP contribution in [0.4, 0.5) is 0 Å². The van der Waals surface area contributed by atoms with Crippen molar-refractivity contribution in [2.24, 2.45) is 0 Å². The van der Waals surface area contributed by atoms with Gasteiger partial charge in [0, 0.05) is 11.5 Å². The molecule has 1 heterocycles. The number of nitrogens with zero attached hydrogens (tertiary/aromatic N) is 2. The summed E-state index contributed by atoms with van der Waals surface area (Å²) in [6, 6.07) is 7.42. The number of hydrogen-bond acceptors (Lipinski definition) is 5. The zero-order chi connectivity index (χ0) is 17.2. The van der Waals surface area contributed by atoms with Crippen molar-refractivity contribution >= 4 is 5.91 Å². The summed E-state index contributed by atoms with van der Waals surface area (Å²) in [6.45, 7) is 3.85. The van der Waals surface area contributed by atoms with Crippen LogP contribution in [0.3, 0.4) is 0 Å². The van der Waals surface area contributed by atoms with Gasteiger partial charge in [0.25, 0.3) is 5.91 Å². The lowest BCUT2D eigenvalue weighted by molar-refractivity contribution is 0.0713. The molecule has 0 radical (unpaired) electrons. The van der Waals surface area contributed by atoms with Crippen molar-refractivity contribution < 1.29 is 14.4 Å². The maximum absolute atomic E-state index is 12.2. The molecule has 1 amide bonds. The number of benzene rings is 1. The molecule has 2 aromatic rings. The predicted molar refractivity (Wildman–Crippen MR) is 88.5 cm³/mol. The van der Waals surface area contributed by atoms with Crippen molar-refractivity contribution in [1.82, 2.24) is 15.5 Å². The largest absolute Gasteiger partial charge is 0.390 e. The number of carbonyl (C=O) groups excluding carboxylic acids is 1. The molecular formula is C18H23N3O3. The van der Waals surface area contributed by atoms with E-state index >= 15 is 0 Å². The van der Waals surface area contributed by atoms with Gasteiger partial charge in [-0.05, 0) is 57.2 Å². The van der Waals surface area contributed by atoms with Gasteiger partial charge in [-0.2, -0.15) is 4.98 Å². The summed E-state index contributed by atoms with van der Waals surface area (Å²) in [5.74, 6) is 1.43.